The van der Waals surface area contributed by atoms with Crippen LogP contribution in [0, 0.1) is 0 Å². The molecule has 0 atom stereocenters. The van der Waals surface area contributed by atoms with Gasteiger partial charge in [-0.3, -0.25) is 9.59 Å². The van der Waals surface area contributed by atoms with Crippen molar-refractivity contribution in [1.29, 1.82) is 0 Å². The third kappa shape index (κ3) is 5.15. The molecule has 23 heavy (non-hydrogen) atoms. The van der Waals surface area contributed by atoms with E-state index in [0.29, 0.717) is 5.02 Å². The molecule has 1 amide bonds. The smallest absolute Gasteiger partial charge is 0.325 e. The van der Waals surface area contributed by atoms with E-state index in [9.17, 15) is 9.59 Å². The molecule has 0 fully saturated rings. The number of esters is 1. The zero-order chi connectivity index (χ0) is 16.8. The van der Waals surface area contributed by atoms with Crippen LogP contribution in [-0.2, 0) is 14.3 Å². The molecule has 122 valence electrons. The molecule has 0 saturated heterocycles. The maximum Gasteiger partial charge on any atom is 0.325 e. The van der Waals surface area contributed by atoms with Crippen molar-refractivity contribution in [3.05, 3.63) is 41.4 Å². The van der Waals surface area contributed by atoms with E-state index >= 15 is 0 Å². The van der Waals surface area contributed by atoms with Crippen LogP contribution >= 0.6 is 23.4 Å². The van der Waals surface area contributed by atoms with E-state index in [0.717, 1.165) is 15.7 Å². The number of amides is 1. The second-order valence-electron chi connectivity index (χ2n) is 5.20. The summed E-state index contributed by atoms with van der Waals surface area (Å²) in [6.45, 7) is 3.41. The van der Waals surface area contributed by atoms with Crippen molar-refractivity contribution in [3.63, 3.8) is 0 Å². The molecule has 0 aromatic heterocycles. The Kier molecular flexibility index (Phi) is 6.30. The summed E-state index contributed by atoms with van der Waals surface area (Å²) >= 11 is 7.64. The highest BCUT2D eigenvalue weighted by Gasteiger charge is 2.10. The van der Waals surface area contributed by atoms with E-state index < -0.39 is 5.97 Å². The van der Waals surface area contributed by atoms with Crippen molar-refractivity contribution in [3.8, 4) is 0 Å². The molecule has 1 N–H and O–H groups in total. The number of thioether (sulfide) groups is 1. The van der Waals surface area contributed by atoms with E-state index in [2.05, 4.69) is 5.32 Å². The number of benzene rings is 2. The fourth-order valence-electron chi connectivity index (χ4n) is 2.05. The normalized spacial score (nSPS) is 10.8. The third-order valence-electron chi connectivity index (χ3n) is 2.97. The first-order valence-electron chi connectivity index (χ1n) is 7.23. The Morgan fingerprint density at radius 1 is 1.22 bits per heavy atom. The van der Waals surface area contributed by atoms with E-state index in [-0.39, 0.29) is 24.3 Å². The van der Waals surface area contributed by atoms with Crippen LogP contribution in [0.1, 0.15) is 13.8 Å². The van der Waals surface area contributed by atoms with Gasteiger partial charge >= 0.3 is 5.97 Å². The Bertz CT molecular complexity index is 713. The number of carbonyl (C=O) groups is 2. The number of hydrogen-bond donors (Lipinski definition) is 1. The number of rotatable bonds is 6. The molecule has 2 aromatic rings. The topological polar surface area (TPSA) is 55.4 Å². The van der Waals surface area contributed by atoms with E-state index in [1.807, 2.05) is 36.4 Å². The van der Waals surface area contributed by atoms with Crippen LogP contribution in [0.4, 0.5) is 0 Å². The summed E-state index contributed by atoms with van der Waals surface area (Å²) in [6, 6.07) is 11.5. The lowest BCUT2D eigenvalue weighted by molar-refractivity contribution is -0.147. The van der Waals surface area contributed by atoms with Crippen molar-refractivity contribution < 1.29 is 14.3 Å². The van der Waals surface area contributed by atoms with Crippen LogP contribution in [0.25, 0.3) is 10.8 Å². The Balaban J connectivity index is 1.94. The van der Waals surface area contributed by atoms with Crippen LogP contribution in [0.15, 0.2) is 41.3 Å². The molecule has 0 spiro atoms. The number of carbonyl (C=O) groups excluding carboxylic acids is 2. The molecule has 6 heteroatoms. The molecule has 0 saturated carbocycles. The van der Waals surface area contributed by atoms with Gasteiger partial charge in [0.25, 0.3) is 0 Å². The van der Waals surface area contributed by atoms with Gasteiger partial charge in [0.05, 0.1) is 11.9 Å². The van der Waals surface area contributed by atoms with Gasteiger partial charge < -0.3 is 10.1 Å². The van der Waals surface area contributed by atoms with Gasteiger partial charge in [0.15, 0.2) is 0 Å². The lowest BCUT2D eigenvalue weighted by atomic mass is 10.1. The highest BCUT2D eigenvalue weighted by molar-refractivity contribution is 8.00. The van der Waals surface area contributed by atoms with Gasteiger partial charge in [-0.1, -0.05) is 35.9 Å². The fourth-order valence-corrected chi connectivity index (χ4v) is 3.33. The maximum atomic E-state index is 11.9. The van der Waals surface area contributed by atoms with Crippen molar-refractivity contribution in [1.82, 2.24) is 5.32 Å². The summed E-state index contributed by atoms with van der Waals surface area (Å²) in [5.74, 6) is -0.453. The second-order valence-corrected chi connectivity index (χ2v) is 6.62. The summed E-state index contributed by atoms with van der Waals surface area (Å²) in [6.07, 6.45) is -0.188. The quantitative estimate of drug-likeness (QED) is 0.637. The minimum absolute atomic E-state index is 0.117. The van der Waals surface area contributed by atoms with E-state index in [4.69, 9.17) is 16.3 Å². The summed E-state index contributed by atoms with van der Waals surface area (Å²) in [5, 5.41) is 5.18. The van der Waals surface area contributed by atoms with Gasteiger partial charge in [0.1, 0.15) is 6.54 Å². The zero-order valence-electron chi connectivity index (χ0n) is 13.0. The summed E-state index contributed by atoms with van der Waals surface area (Å²) in [7, 11) is 0. The predicted octanol–water partition coefficient (Wildman–Crippen LogP) is 3.65. The lowest BCUT2D eigenvalue weighted by Crippen LogP contribution is -2.32. The molecule has 4 nitrogen and oxygen atoms in total. The van der Waals surface area contributed by atoms with Gasteiger partial charge in [0.2, 0.25) is 5.91 Å². The summed E-state index contributed by atoms with van der Waals surface area (Å²) < 4.78 is 4.96. The molecule has 0 radical (unpaired) electrons. The molecule has 0 aliphatic carbocycles. The number of hydrogen-bond acceptors (Lipinski definition) is 4. The highest BCUT2D eigenvalue weighted by atomic mass is 35.5. The maximum absolute atomic E-state index is 11.9. The van der Waals surface area contributed by atoms with Crippen LogP contribution in [-0.4, -0.2) is 30.3 Å². The average molecular weight is 352 g/mol. The summed E-state index contributed by atoms with van der Waals surface area (Å²) in [5.41, 5.74) is 0. The van der Waals surface area contributed by atoms with Crippen molar-refractivity contribution in [2.24, 2.45) is 0 Å². The first-order chi connectivity index (χ1) is 11.0. The molecule has 0 aliphatic rings. The Morgan fingerprint density at radius 2 is 1.91 bits per heavy atom. The van der Waals surface area contributed by atoms with E-state index in [1.165, 1.54) is 11.8 Å². The van der Waals surface area contributed by atoms with Crippen molar-refractivity contribution >= 4 is 46.0 Å². The minimum atomic E-state index is -0.438. The molecular formula is C17H18ClNO3S. The van der Waals surface area contributed by atoms with Gasteiger partial charge in [-0.2, -0.15) is 0 Å². The Hall–Kier alpha value is -1.72. The van der Waals surface area contributed by atoms with Crippen LogP contribution in [0.2, 0.25) is 5.02 Å². The van der Waals surface area contributed by atoms with Crippen LogP contribution in [0.5, 0.6) is 0 Å². The van der Waals surface area contributed by atoms with Gasteiger partial charge in [-0.05, 0) is 31.4 Å². The largest absolute Gasteiger partial charge is 0.462 e. The Morgan fingerprint density at radius 3 is 2.61 bits per heavy atom. The van der Waals surface area contributed by atoms with Gasteiger partial charge in [0, 0.05) is 15.3 Å². The van der Waals surface area contributed by atoms with Crippen LogP contribution < -0.4 is 5.32 Å². The predicted molar refractivity (Wildman–Crippen MR) is 93.9 cm³/mol. The Labute approximate surface area is 144 Å². The van der Waals surface area contributed by atoms with E-state index in [1.54, 1.807) is 13.8 Å². The van der Waals surface area contributed by atoms with Gasteiger partial charge in [-0.25, -0.2) is 0 Å². The third-order valence-corrected chi connectivity index (χ3v) is 4.34. The van der Waals surface area contributed by atoms with Crippen LogP contribution in [0.3, 0.4) is 0 Å². The number of nitrogens with one attached hydrogen (secondary N) is 1. The molecule has 0 aliphatic heterocycles. The number of halogens is 1. The molecule has 2 rings (SSSR count). The molecule has 0 unspecified atom stereocenters. The molecule has 0 heterocycles. The van der Waals surface area contributed by atoms with Gasteiger partial charge in [-0.15, -0.1) is 11.8 Å². The standard InChI is InChI=1S/C17H18ClNO3S/c1-11(2)22-16(21)9-19-15(20)10-23-14-8-4-6-12-5-3-7-13(18)17(12)14/h3-8,11H,9-10H2,1-2H3,(H,19,20). The minimum Gasteiger partial charge on any atom is -0.462 e. The zero-order valence-corrected chi connectivity index (χ0v) is 14.5. The number of ether oxygens (including phenoxy) is 1. The fraction of sp³-hybridized carbons (Fsp3) is 0.294. The number of fused-ring (bicyclic) bond motifs is 1. The SMILES string of the molecule is CC(C)OC(=O)CNC(=O)CSc1cccc2cccc(Cl)c12. The first kappa shape index (κ1) is 17.6. The summed E-state index contributed by atoms with van der Waals surface area (Å²) in [4.78, 5) is 24.2. The monoisotopic (exact) mass is 351 g/mol. The lowest BCUT2D eigenvalue weighted by Gasteiger charge is -2.10. The molecule has 0 bridgehead atoms. The highest BCUT2D eigenvalue weighted by Crippen LogP contribution is 2.32. The second kappa shape index (κ2) is 8.22. The average Bonchev–Trinajstić information content (AvgIpc) is 2.50. The first-order valence-corrected chi connectivity index (χ1v) is 8.60. The molecular weight excluding hydrogens is 334 g/mol. The van der Waals surface area contributed by atoms with Crippen molar-refractivity contribution in [2.45, 2.75) is 24.8 Å². The van der Waals surface area contributed by atoms with Crippen molar-refractivity contribution in [2.75, 3.05) is 12.3 Å². The molecule has 2 aromatic carbocycles.